The van der Waals surface area contributed by atoms with Gasteiger partial charge >= 0.3 is 0 Å². The van der Waals surface area contributed by atoms with Crippen molar-refractivity contribution in [1.29, 1.82) is 0 Å². The Bertz CT molecular complexity index is 1590. The van der Waals surface area contributed by atoms with Gasteiger partial charge in [0.05, 0.1) is 28.3 Å². The van der Waals surface area contributed by atoms with Crippen LogP contribution in [0.5, 0.6) is 0 Å². The normalized spacial score (nSPS) is 23.9. The minimum Gasteiger partial charge on any atom is -0.381 e. The van der Waals surface area contributed by atoms with Crippen LogP contribution in [0, 0.1) is 19.3 Å². The van der Waals surface area contributed by atoms with E-state index in [0.29, 0.717) is 12.1 Å². The second-order valence-electron chi connectivity index (χ2n) is 13.9. The van der Waals surface area contributed by atoms with E-state index in [9.17, 15) is 4.79 Å². The first-order chi connectivity index (χ1) is 20.8. The average Bonchev–Trinajstić information content (AvgIpc) is 3.55. The van der Waals surface area contributed by atoms with Gasteiger partial charge in [-0.3, -0.25) is 19.5 Å². The molecule has 3 aliphatic heterocycles. The van der Waals surface area contributed by atoms with Gasteiger partial charge in [-0.2, -0.15) is 10.2 Å². The van der Waals surface area contributed by atoms with E-state index in [1.807, 2.05) is 11.1 Å². The molecule has 228 valence electrons. The average molecular weight is 604 g/mol. The van der Waals surface area contributed by atoms with Crippen LogP contribution in [-0.2, 0) is 9.53 Å². The number of H-pyrrole nitrogens is 1. The van der Waals surface area contributed by atoms with Crippen LogP contribution < -0.4 is 4.90 Å². The first kappa shape index (κ1) is 27.7. The Morgan fingerprint density at radius 3 is 2.58 bits per heavy atom. The number of carbonyl (C=O) groups is 1. The highest BCUT2D eigenvalue weighted by Crippen LogP contribution is 2.56. The molecule has 5 heterocycles. The Morgan fingerprint density at radius 1 is 1.12 bits per heavy atom. The SMILES string of the molecule is C=CC(=O)N1CC2(CC(n3nc(N4CCN(C5CCOCC5)CC45CCC5)c(-c4c(Cl)c(C)cc5[nH]ncc45)c3C)C2)C1. The number of aromatic nitrogens is 4. The van der Waals surface area contributed by atoms with Gasteiger partial charge in [-0.25, -0.2) is 0 Å². The molecule has 2 saturated carbocycles. The molecule has 1 N–H and O–H groups in total. The number of piperazine rings is 1. The molecule has 3 saturated heterocycles. The van der Waals surface area contributed by atoms with E-state index in [1.165, 1.54) is 31.0 Å². The summed E-state index contributed by atoms with van der Waals surface area (Å²) in [6.45, 7) is 14.5. The number of anilines is 1. The van der Waals surface area contributed by atoms with Crippen molar-refractivity contribution < 1.29 is 9.53 Å². The van der Waals surface area contributed by atoms with E-state index in [1.54, 1.807) is 0 Å². The molecule has 0 atom stereocenters. The van der Waals surface area contributed by atoms with Crippen LogP contribution in [0.25, 0.3) is 22.0 Å². The summed E-state index contributed by atoms with van der Waals surface area (Å²) < 4.78 is 8.00. The molecule has 0 radical (unpaired) electrons. The topological polar surface area (TPSA) is 82.5 Å². The fraction of sp³-hybridized carbons (Fsp3) is 0.606. The van der Waals surface area contributed by atoms with Gasteiger partial charge in [0.2, 0.25) is 5.91 Å². The summed E-state index contributed by atoms with van der Waals surface area (Å²) in [7, 11) is 0. The number of nitrogens with zero attached hydrogens (tertiary/aromatic N) is 6. The van der Waals surface area contributed by atoms with Crippen LogP contribution in [-0.4, -0.2) is 93.2 Å². The van der Waals surface area contributed by atoms with Crippen molar-refractivity contribution in [2.24, 2.45) is 5.41 Å². The lowest BCUT2D eigenvalue weighted by Gasteiger charge is -2.59. The van der Waals surface area contributed by atoms with Gasteiger partial charge in [0.25, 0.3) is 0 Å². The van der Waals surface area contributed by atoms with Crippen molar-refractivity contribution in [1.82, 2.24) is 29.8 Å². The highest BCUT2D eigenvalue weighted by atomic mass is 35.5. The lowest BCUT2D eigenvalue weighted by atomic mass is 9.60. The number of benzene rings is 1. The smallest absolute Gasteiger partial charge is 0.245 e. The summed E-state index contributed by atoms with van der Waals surface area (Å²) in [5.41, 5.74) is 5.73. The molecule has 2 aromatic heterocycles. The molecule has 9 nitrogen and oxygen atoms in total. The molecule has 3 aromatic rings. The maximum atomic E-state index is 12.1. The number of aromatic amines is 1. The summed E-state index contributed by atoms with van der Waals surface area (Å²) in [6, 6.07) is 3.03. The molecule has 1 aromatic carbocycles. The Labute approximate surface area is 258 Å². The number of halogens is 1. The number of hydrogen-bond acceptors (Lipinski definition) is 6. The van der Waals surface area contributed by atoms with E-state index in [0.717, 1.165) is 110 Å². The van der Waals surface area contributed by atoms with Crippen LogP contribution in [0.4, 0.5) is 5.82 Å². The highest BCUT2D eigenvalue weighted by molar-refractivity contribution is 6.36. The molecule has 2 aliphatic carbocycles. The van der Waals surface area contributed by atoms with Crippen molar-refractivity contribution >= 4 is 34.2 Å². The number of amides is 1. The van der Waals surface area contributed by atoms with E-state index < -0.39 is 0 Å². The Balaban J connectivity index is 1.18. The zero-order chi connectivity index (χ0) is 29.5. The second-order valence-corrected chi connectivity index (χ2v) is 14.3. The van der Waals surface area contributed by atoms with Crippen LogP contribution in [0.2, 0.25) is 5.02 Å². The zero-order valence-corrected chi connectivity index (χ0v) is 26.1. The van der Waals surface area contributed by atoms with Crippen molar-refractivity contribution in [3.05, 3.63) is 41.2 Å². The van der Waals surface area contributed by atoms with Crippen LogP contribution in [0.3, 0.4) is 0 Å². The Hall–Kier alpha value is -2.88. The number of likely N-dealkylation sites (tertiary alicyclic amines) is 1. The fourth-order valence-electron chi connectivity index (χ4n) is 8.92. The quantitative estimate of drug-likeness (QED) is 0.400. The van der Waals surface area contributed by atoms with Gasteiger partial charge in [0.15, 0.2) is 5.82 Å². The predicted molar refractivity (Wildman–Crippen MR) is 169 cm³/mol. The van der Waals surface area contributed by atoms with Gasteiger partial charge in [-0.15, -0.1) is 0 Å². The number of carbonyl (C=O) groups excluding carboxylic acids is 1. The molecular formula is C33H42ClN7O2. The van der Waals surface area contributed by atoms with Gasteiger partial charge in [-0.1, -0.05) is 18.2 Å². The highest BCUT2D eigenvalue weighted by Gasteiger charge is 2.55. The van der Waals surface area contributed by atoms with Crippen molar-refractivity contribution in [3.63, 3.8) is 0 Å². The van der Waals surface area contributed by atoms with Crippen molar-refractivity contribution in [2.45, 2.75) is 76.4 Å². The number of rotatable bonds is 5. The lowest BCUT2D eigenvalue weighted by molar-refractivity contribution is -0.149. The minimum absolute atomic E-state index is 0.0397. The van der Waals surface area contributed by atoms with E-state index in [-0.39, 0.29) is 16.9 Å². The molecule has 43 heavy (non-hydrogen) atoms. The molecule has 0 bridgehead atoms. The monoisotopic (exact) mass is 603 g/mol. The molecular weight excluding hydrogens is 562 g/mol. The number of aryl methyl sites for hydroxylation is 1. The van der Waals surface area contributed by atoms with Gasteiger partial charge < -0.3 is 14.5 Å². The molecule has 5 aliphatic rings. The molecule has 10 heteroatoms. The third-order valence-electron chi connectivity index (χ3n) is 11.4. The first-order valence-electron chi connectivity index (χ1n) is 16.0. The maximum absolute atomic E-state index is 12.1. The van der Waals surface area contributed by atoms with E-state index in [2.05, 4.69) is 51.2 Å². The van der Waals surface area contributed by atoms with Gasteiger partial charge in [-0.05, 0) is 76.5 Å². The van der Waals surface area contributed by atoms with Crippen molar-refractivity contribution in [3.8, 4) is 11.1 Å². The molecule has 1 amide bonds. The second kappa shape index (κ2) is 10.1. The summed E-state index contributed by atoms with van der Waals surface area (Å²) in [5.74, 6) is 1.12. The summed E-state index contributed by atoms with van der Waals surface area (Å²) in [4.78, 5) is 19.5. The number of nitrogens with one attached hydrogen (secondary N) is 1. The lowest BCUT2D eigenvalue weighted by Crippen LogP contribution is -2.67. The molecule has 2 spiro atoms. The van der Waals surface area contributed by atoms with Crippen LogP contribution in [0.1, 0.15) is 62.2 Å². The standard InChI is InChI=1S/C33H42ClN7O2/c1-4-27(42)39-18-32(19-39)15-24(16-32)41-22(3)28(29-25-17-35-36-26(25)14-21(2)30(29)34)31(37-41)40-11-10-38(20-33(40)8-5-9-33)23-6-12-43-13-7-23/h4,14,17,23-24H,1,5-13,15-16,18-20H2,2-3H3,(H,35,36). The third kappa shape index (κ3) is 4.21. The predicted octanol–water partition coefficient (Wildman–Crippen LogP) is 5.27. The van der Waals surface area contributed by atoms with E-state index in [4.69, 9.17) is 21.4 Å². The first-order valence-corrected chi connectivity index (χ1v) is 16.4. The largest absolute Gasteiger partial charge is 0.381 e. The van der Waals surface area contributed by atoms with E-state index >= 15 is 0 Å². The van der Waals surface area contributed by atoms with Gasteiger partial charge in [0, 0.05) is 79.6 Å². The van der Waals surface area contributed by atoms with Gasteiger partial charge in [0.1, 0.15) is 0 Å². The Kier molecular flexibility index (Phi) is 6.48. The maximum Gasteiger partial charge on any atom is 0.245 e. The Morgan fingerprint density at radius 2 is 1.88 bits per heavy atom. The van der Waals surface area contributed by atoms with Crippen LogP contribution in [0.15, 0.2) is 24.9 Å². The van der Waals surface area contributed by atoms with Crippen molar-refractivity contribution in [2.75, 3.05) is 50.8 Å². The third-order valence-corrected chi connectivity index (χ3v) is 11.9. The molecule has 8 rings (SSSR count). The number of ether oxygens (including phenoxy) is 1. The zero-order valence-electron chi connectivity index (χ0n) is 25.4. The summed E-state index contributed by atoms with van der Waals surface area (Å²) >= 11 is 7.20. The number of fused-ring (bicyclic) bond motifs is 1. The number of hydrogen-bond donors (Lipinski definition) is 1. The van der Waals surface area contributed by atoms with Crippen LogP contribution >= 0.6 is 11.6 Å². The molecule has 0 unspecified atom stereocenters. The summed E-state index contributed by atoms with van der Waals surface area (Å²) in [6.07, 6.45) is 11.3. The minimum atomic E-state index is 0.0397. The fourth-order valence-corrected chi connectivity index (χ4v) is 9.17. The molecule has 5 fully saturated rings. The summed E-state index contributed by atoms with van der Waals surface area (Å²) in [5, 5.41) is 15.0.